The number of fused-ring (bicyclic) bond motifs is 3. The number of carbonyl (C=O) groups is 4. The van der Waals surface area contributed by atoms with Crippen LogP contribution in [0.2, 0.25) is 0 Å². The first-order valence-corrected chi connectivity index (χ1v) is 10.3. The van der Waals surface area contributed by atoms with Gasteiger partial charge in [-0.15, -0.1) is 0 Å². The summed E-state index contributed by atoms with van der Waals surface area (Å²) in [4.78, 5) is 53.3. The van der Waals surface area contributed by atoms with E-state index in [2.05, 4.69) is 15.5 Å². The predicted octanol–water partition coefficient (Wildman–Crippen LogP) is 0.414. The zero-order valence-corrected chi connectivity index (χ0v) is 16.1. The molecule has 0 spiro atoms. The van der Waals surface area contributed by atoms with E-state index in [1.54, 1.807) is 12.1 Å². The van der Waals surface area contributed by atoms with Crippen LogP contribution in [0.3, 0.4) is 0 Å². The van der Waals surface area contributed by atoms with Crippen molar-refractivity contribution in [1.82, 2.24) is 20.4 Å². The van der Waals surface area contributed by atoms with Crippen LogP contribution in [0.1, 0.15) is 58.4 Å². The topological polar surface area (TPSA) is 98.8 Å². The molecule has 152 valence electrons. The van der Waals surface area contributed by atoms with E-state index in [0.717, 1.165) is 23.6 Å². The quantitative estimate of drug-likeness (QED) is 0.719. The SMILES string of the molecule is O=C1CCC(N2C(=O)c3cccc(CN4CC5CCCC(C4)N5)c3C2=O)C(=O)N1. The van der Waals surface area contributed by atoms with E-state index in [0.29, 0.717) is 29.8 Å². The van der Waals surface area contributed by atoms with Gasteiger partial charge in [-0.3, -0.25) is 34.3 Å². The highest BCUT2D eigenvalue weighted by Gasteiger charge is 2.45. The maximum absolute atomic E-state index is 13.2. The zero-order valence-electron chi connectivity index (χ0n) is 16.1. The number of carbonyl (C=O) groups excluding carboxylic acids is 4. The van der Waals surface area contributed by atoms with Crippen molar-refractivity contribution in [2.75, 3.05) is 13.1 Å². The first kappa shape index (κ1) is 18.4. The van der Waals surface area contributed by atoms with E-state index in [-0.39, 0.29) is 18.7 Å². The number of piperazine rings is 1. The minimum atomic E-state index is -0.925. The fourth-order valence-corrected chi connectivity index (χ4v) is 5.18. The number of nitrogens with zero attached hydrogens (tertiary/aromatic N) is 2. The van der Waals surface area contributed by atoms with Crippen molar-refractivity contribution in [3.63, 3.8) is 0 Å². The maximum Gasteiger partial charge on any atom is 0.262 e. The monoisotopic (exact) mass is 396 g/mol. The second-order valence-corrected chi connectivity index (χ2v) is 8.47. The Bertz CT molecular complexity index is 902. The van der Waals surface area contributed by atoms with Crippen LogP contribution in [0.4, 0.5) is 0 Å². The van der Waals surface area contributed by atoms with Gasteiger partial charge in [0.2, 0.25) is 11.8 Å². The summed E-state index contributed by atoms with van der Waals surface area (Å²) in [5.41, 5.74) is 1.59. The van der Waals surface area contributed by atoms with Gasteiger partial charge in [-0.1, -0.05) is 18.6 Å². The Balaban J connectivity index is 1.40. The number of imide groups is 2. The summed E-state index contributed by atoms with van der Waals surface area (Å²) in [6, 6.07) is 5.39. The molecule has 29 heavy (non-hydrogen) atoms. The van der Waals surface area contributed by atoms with Gasteiger partial charge in [-0.25, -0.2) is 0 Å². The zero-order chi connectivity index (χ0) is 20.1. The minimum absolute atomic E-state index is 0.125. The van der Waals surface area contributed by atoms with Crippen LogP contribution in [0, 0.1) is 0 Å². The number of hydrogen-bond acceptors (Lipinski definition) is 6. The molecule has 0 aliphatic carbocycles. The molecule has 8 nitrogen and oxygen atoms in total. The van der Waals surface area contributed by atoms with Gasteiger partial charge in [0.15, 0.2) is 0 Å². The van der Waals surface area contributed by atoms with Crippen molar-refractivity contribution < 1.29 is 19.2 Å². The molecule has 3 atom stereocenters. The summed E-state index contributed by atoms with van der Waals surface area (Å²) in [5.74, 6) is -1.82. The fraction of sp³-hybridized carbons (Fsp3) is 0.524. The number of nitrogens with one attached hydrogen (secondary N) is 2. The summed E-state index contributed by atoms with van der Waals surface area (Å²) in [5, 5.41) is 5.89. The van der Waals surface area contributed by atoms with Crippen LogP contribution in [0.25, 0.3) is 0 Å². The first-order chi connectivity index (χ1) is 14.0. The second-order valence-electron chi connectivity index (χ2n) is 8.47. The van der Waals surface area contributed by atoms with Gasteiger partial charge in [0, 0.05) is 38.1 Å². The number of piperidine rings is 2. The predicted molar refractivity (Wildman–Crippen MR) is 103 cm³/mol. The van der Waals surface area contributed by atoms with E-state index < -0.39 is 23.8 Å². The molecule has 1 aromatic rings. The summed E-state index contributed by atoms with van der Waals surface area (Å²) in [6.07, 6.45) is 3.89. The van der Waals surface area contributed by atoms with Gasteiger partial charge < -0.3 is 5.32 Å². The third kappa shape index (κ3) is 3.16. The van der Waals surface area contributed by atoms with Gasteiger partial charge in [0.1, 0.15) is 6.04 Å². The molecule has 1 aromatic carbocycles. The van der Waals surface area contributed by atoms with Crippen LogP contribution in [0.15, 0.2) is 18.2 Å². The fourth-order valence-electron chi connectivity index (χ4n) is 5.18. The maximum atomic E-state index is 13.2. The number of benzene rings is 1. The lowest BCUT2D eigenvalue weighted by Crippen LogP contribution is -2.58. The van der Waals surface area contributed by atoms with Gasteiger partial charge >= 0.3 is 0 Å². The standard InChI is InChI=1S/C21H24N4O4/c26-17-8-7-16(19(27)23-17)25-20(28)15-6-1-3-12(18(15)21(25)29)9-24-10-13-4-2-5-14(11-24)22-13/h1,3,6,13-14,16,22H,2,4-5,7-11H2,(H,23,26,27). The van der Waals surface area contributed by atoms with Gasteiger partial charge in [-0.2, -0.15) is 0 Å². The van der Waals surface area contributed by atoms with Crippen molar-refractivity contribution in [3.8, 4) is 0 Å². The number of amides is 4. The number of rotatable bonds is 3. The van der Waals surface area contributed by atoms with Crippen LogP contribution in [-0.2, 0) is 16.1 Å². The summed E-state index contributed by atoms with van der Waals surface area (Å²) in [6.45, 7) is 2.47. The van der Waals surface area contributed by atoms with E-state index in [1.165, 1.54) is 19.3 Å². The molecule has 3 fully saturated rings. The largest absolute Gasteiger partial charge is 0.309 e. The van der Waals surface area contributed by atoms with E-state index in [9.17, 15) is 19.2 Å². The van der Waals surface area contributed by atoms with Gasteiger partial charge in [-0.05, 0) is 30.9 Å². The molecule has 3 unspecified atom stereocenters. The lowest BCUT2D eigenvalue weighted by molar-refractivity contribution is -0.136. The van der Waals surface area contributed by atoms with Crippen LogP contribution < -0.4 is 10.6 Å². The van der Waals surface area contributed by atoms with E-state index in [4.69, 9.17) is 0 Å². The molecular weight excluding hydrogens is 372 g/mol. The number of hydrogen-bond donors (Lipinski definition) is 2. The molecule has 4 amide bonds. The van der Waals surface area contributed by atoms with Crippen molar-refractivity contribution in [2.45, 2.75) is 56.8 Å². The molecule has 0 saturated carbocycles. The summed E-state index contributed by atoms with van der Waals surface area (Å²) in [7, 11) is 0. The van der Waals surface area contributed by atoms with Crippen molar-refractivity contribution >= 4 is 23.6 Å². The Hall–Kier alpha value is -2.58. The lowest BCUT2D eigenvalue weighted by Gasteiger charge is -2.42. The van der Waals surface area contributed by atoms with Crippen LogP contribution >= 0.6 is 0 Å². The summed E-state index contributed by atoms with van der Waals surface area (Å²) < 4.78 is 0. The van der Waals surface area contributed by atoms with Crippen molar-refractivity contribution in [3.05, 3.63) is 34.9 Å². The molecule has 2 N–H and O–H groups in total. The lowest BCUT2D eigenvalue weighted by atomic mass is 9.93. The Morgan fingerprint density at radius 2 is 1.72 bits per heavy atom. The van der Waals surface area contributed by atoms with Gasteiger partial charge in [0.25, 0.3) is 11.8 Å². The average Bonchev–Trinajstić information content (AvgIpc) is 2.93. The molecule has 0 aromatic heterocycles. The third-order valence-electron chi connectivity index (χ3n) is 6.48. The highest BCUT2D eigenvalue weighted by atomic mass is 16.2. The molecular formula is C21H24N4O4. The Morgan fingerprint density at radius 1 is 0.966 bits per heavy atom. The Kier molecular flexibility index (Phi) is 4.48. The van der Waals surface area contributed by atoms with E-state index >= 15 is 0 Å². The molecule has 5 rings (SSSR count). The summed E-state index contributed by atoms with van der Waals surface area (Å²) >= 11 is 0. The minimum Gasteiger partial charge on any atom is -0.309 e. The first-order valence-electron chi connectivity index (χ1n) is 10.3. The van der Waals surface area contributed by atoms with Crippen LogP contribution in [0.5, 0.6) is 0 Å². The van der Waals surface area contributed by atoms with Crippen LogP contribution in [-0.4, -0.2) is 64.6 Å². The Morgan fingerprint density at radius 3 is 2.45 bits per heavy atom. The highest BCUT2D eigenvalue weighted by Crippen LogP contribution is 2.31. The smallest absolute Gasteiger partial charge is 0.262 e. The van der Waals surface area contributed by atoms with Gasteiger partial charge in [0.05, 0.1) is 11.1 Å². The normalized spacial score (nSPS) is 29.8. The third-order valence-corrected chi connectivity index (χ3v) is 6.48. The van der Waals surface area contributed by atoms with E-state index in [1.807, 2.05) is 6.07 Å². The molecule has 3 saturated heterocycles. The average molecular weight is 396 g/mol. The molecule has 8 heteroatoms. The molecule has 4 aliphatic heterocycles. The highest BCUT2D eigenvalue weighted by molar-refractivity contribution is 6.24. The second kappa shape index (κ2) is 7.03. The Labute approximate surface area is 168 Å². The van der Waals surface area contributed by atoms with Crippen molar-refractivity contribution in [1.29, 1.82) is 0 Å². The molecule has 2 bridgehead atoms. The van der Waals surface area contributed by atoms with Crippen molar-refractivity contribution in [2.24, 2.45) is 0 Å². The number of likely N-dealkylation sites (tertiary alicyclic amines) is 1. The molecule has 4 heterocycles. The molecule has 4 aliphatic rings. The molecule has 0 radical (unpaired) electrons.